The lowest BCUT2D eigenvalue weighted by molar-refractivity contribution is 0.171. The van der Waals surface area contributed by atoms with Crippen LogP contribution in [0.4, 0.5) is 0 Å². The highest BCUT2D eigenvalue weighted by Gasteiger charge is 2.33. The molecule has 1 atom stereocenters. The maximum atomic E-state index is 5.72. The summed E-state index contributed by atoms with van der Waals surface area (Å²) in [5.74, 6) is 4.29. The van der Waals surface area contributed by atoms with E-state index in [4.69, 9.17) is 9.47 Å². The third-order valence-electron chi connectivity index (χ3n) is 4.68. The first-order chi connectivity index (χ1) is 11.2. The van der Waals surface area contributed by atoms with E-state index in [9.17, 15) is 0 Å². The lowest BCUT2D eigenvalue weighted by atomic mass is 10.0. The Morgan fingerprint density at radius 3 is 2.70 bits per heavy atom. The quantitative estimate of drug-likeness (QED) is 0.916. The highest BCUT2D eigenvalue weighted by Crippen LogP contribution is 2.43. The molecule has 2 aliphatic rings. The normalized spacial score (nSPS) is 18.0. The molecule has 6 heteroatoms. The van der Waals surface area contributed by atoms with Crippen LogP contribution in [0.1, 0.15) is 36.1 Å². The van der Waals surface area contributed by atoms with Crippen LogP contribution < -0.4 is 14.8 Å². The Morgan fingerprint density at radius 2 is 2.00 bits per heavy atom. The van der Waals surface area contributed by atoms with Gasteiger partial charge in [-0.2, -0.15) is 0 Å². The van der Waals surface area contributed by atoms with Crippen molar-refractivity contribution in [3.63, 3.8) is 0 Å². The molecule has 0 bridgehead atoms. The highest BCUT2D eigenvalue weighted by molar-refractivity contribution is 5.45. The molecule has 1 saturated carbocycles. The van der Waals surface area contributed by atoms with Gasteiger partial charge in [0.05, 0.1) is 6.54 Å². The second-order valence-corrected chi connectivity index (χ2v) is 6.32. The second kappa shape index (κ2) is 5.85. The number of nitrogens with one attached hydrogen (secondary N) is 1. The zero-order chi connectivity index (χ0) is 15.8. The zero-order valence-electron chi connectivity index (χ0n) is 13.6. The standard InChI is InChI=1S/C17H22N4O2/c1-11-19-20-16(21(11)2)10-18-17(12-3-4-12)13-5-6-14-15(9-13)23-8-7-22-14/h5-6,9,12,17-18H,3-4,7-8,10H2,1-2H3. The largest absolute Gasteiger partial charge is 0.486 e. The minimum atomic E-state index is 0.322. The van der Waals surface area contributed by atoms with E-state index in [0.29, 0.717) is 31.7 Å². The molecule has 0 radical (unpaired) electrons. The van der Waals surface area contributed by atoms with E-state index in [-0.39, 0.29) is 0 Å². The summed E-state index contributed by atoms with van der Waals surface area (Å²) >= 11 is 0. The van der Waals surface area contributed by atoms with Crippen molar-refractivity contribution in [3.8, 4) is 11.5 Å². The molecule has 1 N–H and O–H groups in total. The number of aryl methyl sites for hydroxylation is 1. The van der Waals surface area contributed by atoms with E-state index in [1.54, 1.807) is 0 Å². The predicted octanol–water partition coefficient (Wildman–Crippen LogP) is 2.14. The Morgan fingerprint density at radius 1 is 1.22 bits per heavy atom. The molecule has 23 heavy (non-hydrogen) atoms. The summed E-state index contributed by atoms with van der Waals surface area (Å²) < 4.78 is 13.4. The van der Waals surface area contributed by atoms with Crippen molar-refractivity contribution in [1.82, 2.24) is 20.1 Å². The van der Waals surface area contributed by atoms with Gasteiger partial charge in [-0.1, -0.05) is 6.07 Å². The van der Waals surface area contributed by atoms with E-state index in [1.807, 2.05) is 24.6 Å². The van der Waals surface area contributed by atoms with Gasteiger partial charge in [0.1, 0.15) is 24.9 Å². The molecule has 1 fully saturated rings. The first kappa shape index (κ1) is 14.5. The fourth-order valence-electron chi connectivity index (χ4n) is 3.05. The topological polar surface area (TPSA) is 61.2 Å². The Balaban J connectivity index is 1.53. The second-order valence-electron chi connectivity index (χ2n) is 6.32. The van der Waals surface area contributed by atoms with Gasteiger partial charge in [-0.25, -0.2) is 0 Å². The predicted molar refractivity (Wildman–Crippen MR) is 85.5 cm³/mol. The Hall–Kier alpha value is -2.08. The molecule has 4 rings (SSSR count). The van der Waals surface area contributed by atoms with Crippen LogP contribution in [0.3, 0.4) is 0 Å². The van der Waals surface area contributed by atoms with Crippen LogP contribution >= 0.6 is 0 Å². The first-order valence-electron chi connectivity index (χ1n) is 8.20. The molecule has 122 valence electrons. The van der Waals surface area contributed by atoms with Gasteiger partial charge in [-0.15, -0.1) is 10.2 Å². The van der Waals surface area contributed by atoms with E-state index in [0.717, 1.165) is 23.1 Å². The Kier molecular flexibility index (Phi) is 3.69. The summed E-state index contributed by atoms with van der Waals surface area (Å²) in [5.41, 5.74) is 1.26. The molecule has 2 heterocycles. The van der Waals surface area contributed by atoms with E-state index < -0.39 is 0 Å². The van der Waals surface area contributed by atoms with Gasteiger partial charge in [0.15, 0.2) is 11.5 Å². The molecular formula is C17H22N4O2. The summed E-state index contributed by atoms with van der Waals surface area (Å²) in [5, 5.41) is 12.0. The van der Waals surface area contributed by atoms with Gasteiger partial charge < -0.3 is 19.4 Å². The van der Waals surface area contributed by atoms with Gasteiger partial charge in [-0.3, -0.25) is 0 Å². The summed E-state index contributed by atoms with van der Waals surface area (Å²) in [6, 6.07) is 6.60. The van der Waals surface area contributed by atoms with E-state index in [2.05, 4.69) is 27.6 Å². The van der Waals surface area contributed by atoms with Crippen LogP contribution in [0, 0.1) is 12.8 Å². The van der Waals surface area contributed by atoms with Gasteiger partial charge in [0.2, 0.25) is 0 Å². The van der Waals surface area contributed by atoms with Crippen LogP contribution in [0.5, 0.6) is 11.5 Å². The molecule has 1 aliphatic heterocycles. The SMILES string of the molecule is Cc1nnc(CNC(c2ccc3c(c2)OCCO3)C2CC2)n1C. The fraction of sp³-hybridized carbons (Fsp3) is 0.529. The van der Waals surface area contributed by atoms with Crippen LogP contribution in [0.15, 0.2) is 18.2 Å². The number of ether oxygens (including phenoxy) is 2. The maximum Gasteiger partial charge on any atom is 0.161 e. The third kappa shape index (κ3) is 2.91. The lowest BCUT2D eigenvalue weighted by Crippen LogP contribution is -2.24. The average molecular weight is 314 g/mol. The van der Waals surface area contributed by atoms with Crippen LogP contribution in [-0.2, 0) is 13.6 Å². The molecule has 0 spiro atoms. The first-order valence-corrected chi connectivity index (χ1v) is 8.20. The molecule has 1 unspecified atom stereocenters. The molecule has 1 aromatic heterocycles. The number of rotatable bonds is 5. The van der Waals surface area contributed by atoms with Crippen molar-refractivity contribution in [2.75, 3.05) is 13.2 Å². The van der Waals surface area contributed by atoms with Crippen LogP contribution in [0.2, 0.25) is 0 Å². The number of aromatic nitrogens is 3. The highest BCUT2D eigenvalue weighted by atomic mass is 16.6. The lowest BCUT2D eigenvalue weighted by Gasteiger charge is -2.23. The number of nitrogens with zero attached hydrogens (tertiary/aromatic N) is 3. The van der Waals surface area contributed by atoms with Gasteiger partial charge in [0, 0.05) is 13.1 Å². The van der Waals surface area contributed by atoms with Gasteiger partial charge in [-0.05, 0) is 43.4 Å². The van der Waals surface area contributed by atoms with Gasteiger partial charge in [0.25, 0.3) is 0 Å². The van der Waals surface area contributed by atoms with Gasteiger partial charge >= 0.3 is 0 Å². The fourth-order valence-corrected chi connectivity index (χ4v) is 3.05. The summed E-state index contributed by atoms with van der Waals surface area (Å²) in [4.78, 5) is 0. The Labute approximate surface area is 135 Å². The van der Waals surface area contributed by atoms with Crippen LogP contribution in [-0.4, -0.2) is 28.0 Å². The molecule has 1 aliphatic carbocycles. The molecular weight excluding hydrogens is 292 g/mol. The van der Waals surface area contributed by atoms with Crippen LogP contribution in [0.25, 0.3) is 0 Å². The number of hydrogen-bond donors (Lipinski definition) is 1. The third-order valence-corrected chi connectivity index (χ3v) is 4.68. The molecule has 6 nitrogen and oxygen atoms in total. The molecule has 0 saturated heterocycles. The maximum absolute atomic E-state index is 5.72. The summed E-state index contributed by atoms with van der Waals surface area (Å²) in [6.07, 6.45) is 2.54. The van der Waals surface area contributed by atoms with Crippen molar-refractivity contribution in [3.05, 3.63) is 35.4 Å². The van der Waals surface area contributed by atoms with Crippen molar-refractivity contribution in [2.24, 2.45) is 13.0 Å². The molecule has 0 amide bonds. The van der Waals surface area contributed by atoms with Crippen molar-refractivity contribution in [1.29, 1.82) is 0 Å². The van der Waals surface area contributed by atoms with Crippen molar-refractivity contribution < 1.29 is 9.47 Å². The minimum absolute atomic E-state index is 0.322. The van der Waals surface area contributed by atoms with Crippen molar-refractivity contribution in [2.45, 2.75) is 32.4 Å². The minimum Gasteiger partial charge on any atom is -0.486 e. The number of fused-ring (bicyclic) bond motifs is 1. The molecule has 2 aromatic rings. The molecule has 1 aromatic carbocycles. The monoisotopic (exact) mass is 314 g/mol. The zero-order valence-corrected chi connectivity index (χ0v) is 13.6. The Bertz CT molecular complexity index is 709. The van der Waals surface area contributed by atoms with E-state index >= 15 is 0 Å². The average Bonchev–Trinajstić information content (AvgIpc) is 3.36. The number of hydrogen-bond acceptors (Lipinski definition) is 5. The number of benzene rings is 1. The summed E-state index contributed by atoms with van der Waals surface area (Å²) in [6.45, 7) is 3.93. The smallest absolute Gasteiger partial charge is 0.161 e. The van der Waals surface area contributed by atoms with E-state index in [1.165, 1.54) is 18.4 Å². The van der Waals surface area contributed by atoms with Crippen molar-refractivity contribution >= 4 is 0 Å². The summed E-state index contributed by atoms with van der Waals surface area (Å²) in [7, 11) is 2.00.